The van der Waals surface area contributed by atoms with Crippen LogP contribution in [0, 0.1) is 6.92 Å². The number of nitrogens with zero attached hydrogens (tertiary/aromatic N) is 4. The zero-order valence-electron chi connectivity index (χ0n) is 23.1. The molecule has 0 atom stereocenters. The minimum atomic E-state index is -5.08. The number of carboxylic acid groups (broad SMARTS) is 2. The van der Waals surface area contributed by atoms with E-state index < -0.39 is 24.3 Å². The van der Waals surface area contributed by atoms with Gasteiger partial charge in [0, 0.05) is 24.0 Å². The molecule has 2 aliphatic rings. The Morgan fingerprint density at radius 1 is 1.00 bits per heavy atom. The Balaban J connectivity index is 0.000000303. The van der Waals surface area contributed by atoms with Gasteiger partial charge in [-0.3, -0.25) is 4.98 Å². The Bertz CT molecular complexity index is 1380. The van der Waals surface area contributed by atoms with E-state index >= 15 is 0 Å². The van der Waals surface area contributed by atoms with E-state index in [9.17, 15) is 26.3 Å². The van der Waals surface area contributed by atoms with Crippen molar-refractivity contribution in [2.24, 2.45) is 0 Å². The van der Waals surface area contributed by atoms with E-state index in [1.807, 2.05) is 13.1 Å². The highest BCUT2D eigenvalue weighted by molar-refractivity contribution is 5.73. The molecule has 0 bridgehead atoms. The van der Waals surface area contributed by atoms with Crippen LogP contribution in [0.25, 0.3) is 11.4 Å². The minimum absolute atomic E-state index is 0.225. The molecule has 1 aromatic carbocycles. The van der Waals surface area contributed by atoms with Crippen LogP contribution in [0.1, 0.15) is 41.1 Å². The van der Waals surface area contributed by atoms with E-state index in [1.165, 1.54) is 16.7 Å². The molecule has 0 spiro atoms. The second kappa shape index (κ2) is 13.5. The number of alkyl halides is 6. The fourth-order valence-electron chi connectivity index (χ4n) is 4.77. The van der Waals surface area contributed by atoms with E-state index in [1.54, 1.807) is 0 Å². The molecule has 4 heterocycles. The summed E-state index contributed by atoms with van der Waals surface area (Å²) in [5.74, 6) is -4.10. The molecule has 0 amide bonds. The molecule has 5 rings (SSSR count). The number of pyridine rings is 1. The molecular formula is C27H29F6N5O5. The van der Waals surface area contributed by atoms with Gasteiger partial charge in [-0.15, -0.1) is 0 Å². The minimum Gasteiger partial charge on any atom is -0.475 e. The van der Waals surface area contributed by atoms with Crippen LogP contribution in [-0.4, -0.2) is 81.2 Å². The largest absolute Gasteiger partial charge is 0.490 e. The summed E-state index contributed by atoms with van der Waals surface area (Å²) >= 11 is 0. The predicted octanol–water partition coefficient (Wildman–Crippen LogP) is 4.36. The molecule has 2 aromatic heterocycles. The van der Waals surface area contributed by atoms with E-state index in [2.05, 4.69) is 57.7 Å². The quantitative estimate of drug-likeness (QED) is 0.363. The Labute approximate surface area is 241 Å². The molecule has 2 aliphatic heterocycles. The van der Waals surface area contributed by atoms with Crippen LogP contribution in [0.15, 0.2) is 41.1 Å². The molecule has 3 N–H and O–H groups in total. The van der Waals surface area contributed by atoms with Gasteiger partial charge in [0.15, 0.2) is 0 Å². The lowest BCUT2D eigenvalue weighted by atomic mass is 9.72. The molecule has 1 fully saturated rings. The third-order valence-electron chi connectivity index (χ3n) is 7.04. The first-order valence-electron chi connectivity index (χ1n) is 12.9. The fraction of sp³-hybridized carbons (Fsp3) is 0.444. The van der Waals surface area contributed by atoms with Gasteiger partial charge in [0.25, 0.3) is 0 Å². The van der Waals surface area contributed by atoms with Gasteiger partial charge in [-0.05, 0) is 69.6 Å². The number of carboxylic acids is 2. The molecule has 0 saturated carbocycles. The maximum atomic E-state index is 10.6. The number of benzene rings is 1. The summed E-state index contributed by atoms with van der Waals surface area (Å²) in [6.45, 7) is 5.88. The van der Waals surface area contributed by atoms with Crippen LogP contribution in [-0.2, 0) is 28.0 Å². The number of hydrogen-bond donors (Lipinski definition) is 3. The van der Waals surface area contributed by atoms with Crippen LogP contribution in [0.5, 0.6) is 0 Å². The number of halogens is 6. The van der Waals surface area contributed by atoms with Crippen molar-refractivity contribution < 1.29 is 50.7 Å². The molecule has 43 heavy (non-hydrogen) atoms. The van der Waals surface area contributed by atoms with E-state index in [0.717, 1.165) is 62.6 Å². The lowest BCUT2D eigenvalue weighted by molar-refractivity contribution is -0.193. The van der Waals surface area contributed by atoms with Crippen LogP contribution in [0.2, 0.25) is 0 Å². The summed E-state index contributed by atoms with van der Waals surface area (Å²) in [5, 5.41) is 22.1. The summed E-state index contributed by atoms with van der Waals surface area (Å²) in [5.41, 5.74) is 5.60. The standard InChI is InChI=1S/C23H27N5O.2C2HF3O2/c1-16-20(19-8-11-24-14-17(19)15-25-16)21-26-22(29-27-21)23(9-12-28(2)13-10-23)18-6-4-3-5-7-18;2*3-2(4,5)1(6)7/h3-7,15,24H,8-14H2,1-2H3;2*(H,6,7). The Morgan fingerprint density at radius 2 is 1.56 bits per heavy atom. The highest BCUT2D eigenvalue weighted by atomic mass is 19.4. The third kappa shape index (κ3) is 8.28. The maximum absolute atomic E-state index is 10.6. The highest BCUT2D eigenvalue weighted by Crippen LogP contribution is 2.41. The molecule has 234 valence electrons. The maximum Gasteiger partial charge on any atom is 0.490 e. The monoisotopic (exact) mass is 617 g/mol. The van der Waals surface area contributed by atoms with Gasteiger partial charge in [0.2, 0.25) is 11.7 Å². The van der Waals surface area contributed by atoms with Crippen molar-refractivity contribution in [1.29, 1.82) is 0 Å². The lowest BCUT2D eigenvalue weighted by Crippen LogP contribution is -2.41. The summed E-state index contributed by atoms with van der Waals surface area (Å²) < 4.78 is 69.4. The van der Waals surface area contributed by atoms with E-state index in [4.69, 9.17) is 29.3 Å². The first-order chi connectivity index (χ1) is 20.1. The first kappa shape index (κ1) is 33.5. The zero-order valence-corrected chi connectivity index (χ0v) is 23.1. The number of fused-ring (bicyclic) bond motifs is 1. The number of piperidine rings is 1. The Morgan fingerprint density at radius 3 is 2.09 bits per heavy atom. The second-order valence-electron chi connectivity index (χ2n) is 9.93. The average Bonchev–Trinajstić information content (AvgIpc) is 3.44. The molecule has 0 aliphatic carbocycles. The van der Waals surface area contributed by atoms with Crippen LogP contribution >= 0.6 is 0 Å². The molecule has 0 unspecified atom stereocenters. The fourth-order valence-corrected chi connectivity index (χ4v) is 4.77. The molecule has 16 heteroatoms. The third-order valence-corrected chi connectivity index (χ3v) is 7.04. The molecular weight excluding hydrogens is 588 g/mol. The zero-order chi connectivity index (χ0) is 32.0. The van der Waals surface area contributed by atoms with Crippen LogP contribution in [0.3, 0.4) is 0 Å². The number of aromatic nitrogens is 3. The van der Waals surface area contributed by atoms with Crippen molar-refractivity contribution in [1.82, 2.24) is 25.3 Å². The van der Waals surface area contributed by atoms with Crippen molar-refractivity contribution in [3.05, 3.63) is 64.8 Å². The van der Waals surface area contributed by atoms with Gasteiger partial charge in [-0.25, -0.2) is 9.59 Å². The Kier molecular flexibility index (Phi) is 10.5. The van der Waals surface area contributed by atoms with Gasteiger partial charge < -0.3 is 25.0 Å². The van der Waals surface area contributed by atoms with Crippen molar-refractivity contribution in [3.8, 4) is 11.4 Å². The van der Waals surface area contributed by atoms with Gasteiger partial charge in [-0.1, -0.05) is 35.5 Å². The van der Waals surface area contributed by atoms with Crippen LogP contribution in [0.4, 0.5) is 26.3 Å². The van der Waals surface area contributed by atoms with Crippen molar-refractivity contribution in [2.75, 3.05) is 26.7 Å². The summed E-state index contributed by atoms with van der Waals surface area (Å²) in [6.07, 6.45) is -5.28. The van der Waals surface area contributed by atoms with Gasteiger partial charge in [0.05, 0.1) is 5.41 Å². The average molecular weight is 618 g/mol. The molecule has 3 aromatic rings. The van der Waals surface area contributed by atoms with Crippen molar-refractivity contribution in [2.45, 2.75) is 50.5 Å². The number of carbonyl (C=O) groups is 2. The van der Waals surface area contributed by atoms with Gasteiger partial charge in [-0.2, -0.15) is 31.3 Å². The molecule has 1 saturated heterocycles. The van der Waals surface area contributed by atoms with Crippen LogP contribution < -0.4 is 5.32 Å². The number of rotatable bonds is 3. The lowest BCUT2D eigenvalue weighted by Gasteiger charge is -2.38. The summed E-state index contributed by atoms with van der Waals surface area (Å²) in [7, 11) is 2.17. The Hall–Kier alpha value is -4.05. The predicted molar refractivity (Wildman–Crippen MR) is 139 cm³/mol. The molecule has 10 nitrogen and oxygen atoms in total. The van der Waals surface area contributed by atoms with Crippen molar-refractivity contribution in [3.63, 3.8) is 0 Å². The number of aryl methyl sites for hydroxylation is 1. The topological polar surface area (TPSA) is 142 Å². The highest BCUT2D eigenvalue weighted by Gasteiger charge is 2.42. The molecule has 0 radical (unpaired) electrons. The van der Waals surface area contributed by atoms with E-state index in [0.29, 0.717) is 5.82 Å². The van der Waals surface area contributed by atoms with E-state index in [-0.39, 0.29) is 5.41 Å². The summed E-state index contributed by atoms with van der Waals surface area (Å²) in [4.78, 5) is 29.8. The number of likely N-dealkylation sites (tertiary alicyclic amines) is 1. The summed E-state index contributed by atoms with van der Waals surface area (Å²) in [6, 6.07) is 10.6. The number of aliphatic carboxylic acids is 2. The van der Waals surface area contributed by atoms with Gasteiger partial charge in [0.1, 0.15) is 0 Å². The SMILES string of the molecule is Cc1ncc2c(c1-c1noc(C3(c4ccccc4)CCN(C)CC3)n1)CCNC2.O=C(O)C(F)(F)F.O=C(O)C(F)(F)F. The normalized spacial score (nSPS) is 16.6. The number of nitrogens with one attached hydrogen (secondary N) is 1. The van der Waals surface area contributed by atoms with Gasteiger partial charge >= 0.3 is 24.3 Å². The second-order valence-corrected chi connectivity index (χ2v) is 9.93. The number of hydrogen-bond acceptors (Lipinski definition) is 8. The first-order valence-corrected chi connectivity index (χ1v) is 12.9. The smallest absolute Gasteiger partial charge is 0.475 e. The van der Waals surface area contributed by atoms with Crippen molar-refractivity contribution >= 4 is 11.9 Å².